The van der Waals surface area contributed by atoms with Gasteiger partial charge in [-0.3, -0.25) is 0 Å². The van der Waals surface area contributed by atoms with E-state index in [1.807, 2.05) is 6.92 Å². The summed E-state index contributed by atoms with van der Waals surface area (Å²) in [6.07, 6.45) is 3.97. The van der Waals surface area contributed by atoms with Crippen molar-refractivity contribution in [3.63, 3.8) is 0 Å². The van der Waals surface area contributed by atoms with Crippen LogP contribution in [0.3, 0.4) is 0 Å². The highest BCUT2D eigenvalue weighted by Crippen LogP contribution is 2.12. The van der Waals surface area contributed by atoms with E-state index in [9.17, 15) is 4.79 Å². The molecule has 1 aliphatic heterocycles. The highest BCUT2D eigenvalue weighted by molar-refractivity contribution is 5.75. The smallest absolute Gasteiger partial charge is 0.318 e. The summed E-state index contributed by atoms with van der Waals surface area (Å²) in [5.41, 5.74) is -0.728. The molecule has 1 aliphatic rings. The van der Waals surface area contributed by atoms with E-state index in [0.29, 0.717) is 6.42 Å². The Bertz CT molecular complexity index is 265. The van der Waals surface area contributed by atoms with Crippen molar-refractivity contribution in [2.45, 2.75) is 45.1 Å². The Labute approximate surface area is 91.2 Å². The Balaban J connectivity index is 2.50. The van der Waals surface area contributed by atoms with E-state index < -0.39 is 5.54 Å². The average molecular weight is 209 g/mol. The minimum atomic E-state index is -0.728. The van der Waals surface area contributed by atoms with Crippen molar-refractivity contribution in [3.8, 4) is 6.07 Å². The fraction of sp³-hybridized carbons (Fsp3) is 0.818. The number of carbonyl (C=O) groups excluding carboxylic acids is 1. The minimum Gasteiger partial charge on any atom is -0.325 e. The van der Waals surface area contributed by atoms with Gasteiger partial charge >= 0.3 is 6.03 Å². The van der Waals surface area contributed by atoms with Gasteiger partial charge in [-0.15, -0.1) is 0 Å². The number of hydrogen-bond acceptors (Lipinski definition) is 2. The molecule has 15 heavy (non-hydrogen) atoms. The monoisotopic (exact) mass is 209 g/mol. The molecule has 2 amide bonds. The lowest BCUT2D eigenvalue weighted by molar-refractivity contribution is 0.178. The van der Waals surface area contributed by atoms with E-state index >= 15 is 0 Å². The van der Waals surface area contributed by atoms with Crippen LogP contribution in [-0.2, 0) is 0 Å². The quantitative estimate of drug-likeness (QED) is 0.754. The fourth-order valence-electron chi connectivity index (χ4n) is 1.61. The largest absolute Gasteiger partial charge is 0.325 e. The standard InChI is InChI=1S/C11H19N3O/c1-3-11(2,9-12)13-10(15)14-7-5-4-6-8-14/h3-8H2,1-2H3,(H,13,15). The van der Waals surface area contributed by atoms with Gasteiger partial charge in [0.1, 0.15) is 5.54 Å². The summed E-state index contributed by atoms with van der Waals surface area (Å²) in [7, 11) is 0. The Morgan fingerprint density at radius 1 is 1.47 bits per heavy atom. The second-order valence-electron chi connectivity index (χ2n) is 4.28. The number of likely N-dealkylation sites (tertiary alicyclic amines) is 1. The third kappa shape index (κ3) is 3.12. The first-order valence-corrected chi connectivity index (χ1v) is 5.59. The molecule has 1 heterocycles. The molecule has 4 nitrogen and oxygen atoms in total. The topological polar surface area (TPSA) is 56.1 Å². The summed E-state index contributed by atoms with van der Waals surface area (Å²) < 4.78 is 0. The number of rotatable bonds is 2. The molecule has 0 aromatic heterocycles. The first-order valence-electron chi connectivity index (χ1n) is 5.59. The number of carbonyl (C=O) groups is 1. The normalized spacial score (nSPS) is 20.2. The minimum absolute atomic E-state index is 0.0967. The van der Waals surface area contributed by atoms with Crippen molar-refractivity contribution in [2.75, 3.05) is 13.1 Å². The number of hydrogen-bond donors (Lipinski definition) is 1. The molecule has 0 saturated carbocycles. The van der Waals surface area contributed by atoms with Crippen molar-refractivity contribution in [1.82, 2.24) is 10.2 Å². The first kappa shape index (κ1) is 11.8. The van der Waals surface area contributed by atoms with Gasteiger partial charge in [0.05, 0.1) is 6.07 Å². The predicted octanol–water partition coefficient (Wildman–Crippen LogP) is 1.87. The number of nitriles is 1. The molecule has 1 fully saturated rings. The molecule has 0 radical (unpaired) electrons. The lowest BCUT2D eigenvalue weighted by Crippen LogP contribution is -2.51. The molecule has 1 rings (SSSR count). The second kappa shape index (κ2) is 5.01. The van der Waals surface area contributed by atoms with Crippen molar-refractivity contribution in [3.05, 3.63) is 0 Å². The molecule has 1 saturated heterocycles. The third-order valence-corrected chi connectivity index (χ3v) is 2.98. The average Bonchev–Trinajstić information content (AvgIpc) is 2.30. The van der Waals surface area contributed by atoms with Crippen LogP contribution < -0.4 is 5.32 Å². The lowest BCUT2D eigenvalue weighted by atomic mass is 10.0. The maximum Gasteiger partial charge on any atom is 0.318 e. The molecule has 1 atom stereocenters. The van der Waals surface area contributed by atoms with Gasteiger partial charge < -0.3 is 10.2 Å². The van der Waals surface area contributed by atoms with Crippen molar-refractivity contribution in [1.29, 1.82) is 5.26 Å². The second-order valence-corrected chi connectivity index (χ2v) is 4.28. The lowest BCUT2D eigenvalue weighted by Gasteiger charge is -2.30. The van der Waals surface area contributed by atoms with Gasteiger partial charge in [-0.1, -0.05) is 6.92 Å². The van der Waals surface area contributed by atoms with Gasteiger partial charge in [0.15, 0.2) is 0 Å². The molecule has 1 unspecified atom stereocenters. The SMILES string of the molecule is CCC(C)(C#N)NC(=O)N1CCCCC1. The highest BCUT2D eigenvalue weighted by atomic mass is 16.2. The van der Waals surface area contributed by atoms with Gasteiger partial charge in [-0.25, -0.2) is 4.79 Å². The van der Waals surface area contributed by atoms with E-state index in [4.69, 9.17) is 5.26 Å². The molecule has 0 aromatic carbocycles. The van der Waals surface area contributed by atoms with E-state index in [2.05, 4.69) is 11.4 Å². The zero-order chi connectivity index (χ0) is 11.3. The van der Waals surface area contributed by atoms with Gasteiger partial charge in [-0.05, 0) is 32.6 Å². The number of nitrogens with zero attached hydrogens (tertiary/aromatic N) is 2. The zero-order valence-corrected chi connectivity index (χ0v) is 9.55. The Morgan fingerprint density at radius 3 is 2.53 bits per heavy atom. The van der Waals surface area contributed by atoms with E-state index in [1.165, 1.54) is 6.42 Å². The molecule has 0 spiro atoms. The maximum atomic E-state index is 11.8. The molecule has 1 N–H and O–H groups in total. The van der Waals surface area contributed by atoms with Gasteiger partial charge in [-0.2, -0.15) is 5.26 Å². The van der Waals surface area contributed by atoms with Crippen molar-refractivity contribution >= 4 is 6.03 Å². The van der Waals surface area contributed by atoms with Crippen LogP contribution in [0, 0.1) is 11.3 Å². The van der Waals surface area contributed by atoms with Crippen LogP contribution >= 0.6 is 0 Å². The Morgan fingerprint density at radius 2 is 2.07 bits per heavy atom. The summed E-state index contributed by atoms with van der Waals surface area (Å²) in [5.74, 6) is 0. The van der Waals surface area contributed by atoms with Crippen molar-refractivity contribution < 1.29 is 4.79 Å². The van der Waals surface area contributed by atoms with Gasteiger partial charge in [0.2, 0.25) is 0 Å². The summed E-state index contributed by atoms with van der Waals surface area (Å²) in [5, 5.41) is 11.7. The van der Waals surface area contributed by atoms with Crippen LogP contribution in [-0.4, -0.2) is 29.6 Å². The maximum absolute atomic E-state index is 11.8. The number of nitrogens with one attached hydrogen (secondary N) is 1. The summed E-state index contributed by atoms with van der Waals surface area (Å²) >= 11 is 0. The van der Waals surface area contributed by atoms with Crippen LogP contribution in [0.1, 0.15) is 39.5 Å². The number of urea groups is 1. The zero-order valence-electron chi connectivity index (χ0n) is 9.55. The summed E-state index contributed by atoms with van der Waals surface area (Å²) in [6, 6.07) is 2.04. The van der Waals surface area contributed by atoms with Crippen LogP contribution in [0.25, 0.3) is 0 Å². The van der Waals surface area contributed by atoms with Crippen LogP contribution in [0.15, 0.2) is 0 Å². The summed E-state index contributed by atoms with van der Waals surface area (Å²) in [4.78, 5) is 13.6. The number of amides is 2. The fourth-order valence-corrected chi connectivity index (χ4v) is 1.61. The van der Waals surface area contributed by atoms with Crippen molar-refractivity contribution in [2.24, 2.45) is 0 Å². The van der Waals surface area contributed by atoms with Gasteiger partial charge in [0, 0.05) is 13.1 Å². The highest BCUT2D eigenvalue weighted by Gasteiger charge is 2.26. The predicted molar refractivity (Wildman–Crippen MR) is 58.3 cm³/mol. The Kier molecular flexibility index (Phi) is 3.96. The molecule has 0 aliphatic carbocycles. The molecular formula is C11H19N3O. The molecule has 84 valence electrons. The van der Waals surface area contributed by atoms with E-state index in [0.717, 1.165) is 25.9 Å². The number of piperidine rings is 1. The summed E-state index contributed by atoms with van der Waals surface area (Å²) in [6.45, 7) is 5.29. The molecular weight excluding hydrogens is 190 g/mol. The first-order chi connectivity index (χ1) is 7.11. The van der Waals surface area contributed by atoms with Gasteiger partial charge in [0.25, 0.3) is 0 Å². The Hall–Kier alpha value is -1.24. The molecule has 0 aromatic rings. The third-order valence-electron chi connectivity index (χ3n) is 2.98. The van der Waals surface area contributed by atoms with E-state index in [1.54, 1.807) is 11.8 Å². The molecule has 0 bridgehead atoms. The molecule has 4 heteroatoms. The van der Waals surface area contributed by atoms with Crippen LogP contribution in [0.4, 0.5) is 4.79 Å². The van der Waals surface area contributed by atoms with E-state index in [-0.39, 0.29) is 6.03 Å². The van der Waals surface area contributed by atoms with Crippen LogP contribution in [0.5, 0.6) is 0 Å². The van der Waals surface area contributed by atoms with Crippen LogP contribution in [0.2, 0.25) is 0 Å².